The van der Waals surface area contributed by atoms with Gasteiger partial charge in [0.2, 0.25) is 0 Å². The van der Waals surface area contributed by atoms with Crippen LogP contribution in [0.4, 0.5) is 0 Å². The molecule has 0 aliphatic heterocycles. The maximum Gasteiger partial charge on any atom is 0.308 e. The molecule has 1 N–H and O–H groups in total. The fourth-order valence-corrected chi connectivity index (χ4v) is 2.36. The second-order valence-corrected chi connectivity index (χ2v) is 5.13. The average Bonchev–Trinajstić information content (AvgIpc) is 2.79. The zero-order valence-corrected chi connectivity index (χ0v) is 11.8. The Morgan fingerprint density at radius 1 is 1.06 bits per heavy atom. The molecule has 104 valence electrons. The summed E-state index contributed by atoms with van der Waals surface area (Å²) in [7, 11) is 0. The molecule has 0 spiro atoms. The number of unbranched alkanes of at least 4 members (excludes halogenated alkanes) is 5. The Bertz CT molecular complexity index is 309. The molecular weight excluding hydrogens is 226 g/mol. The van der Waals surface area contributed by atoms with Gasteiger partial charge in [-0.1, -0.05) is 63.9 Å². The average molecular weight is 253 g/mol. The van der Waals surface area contributed by atoms with Gasteiger partial charge in [-0.3, -0.25) is 0 Å². The molecule has 0 radical (unpaired) electrons. The third-order valence-electron chi connectivity index (χ3n) is 3.50. The number of hydrogen-bond acceptors (Lipinski definition) is 3. The highest BCUT2D eigenvalue weighted by atomic mass is 16.5. The van der Waals surface area contributed by atoms with Gasteiger partial charge in [-0.15, -0.1) is 0 Å². The third-order valence-corrected chi connectivity index (χ3v) is 3.50. The van der Waals surface area contributed by atoms with E-state index in [1.165, 1.54) is 44.9 Å². The quantitative estimate of drug-likeness (QED) is 0.596. The Hall–Kier alpha value is -0.990. The Morgan fingerprint density at radius 2 is 1.72 bits per heavy atom. The predicted octanol–water partition coefficient (Wildman–Crippen LogP) is 5.01. The lowest BCUT2D eigenvalue weighted by atomic mass is 9.92. The van der Waals surface area contributed by atoms with Gasteiger partial charge in [0.15, 0.2) is 0 Å². The van der Waals surface area contributed by atoms with Crippen molar-refractivity contribution in [1.29, 1.82) is 0 Å². The predicted molar refractivity (Wildman–Crippen MR) is 73.8 cm³/mol. The van der Waals surface area contributed by atoms with Gasteiger partial charge in [0, 0.05) is 12.0 Å². The van der Waals surface area contributed by atoms with Crippen molar-refractivity contribution in [2.24, 2.45) is 0 Å². The van der Waals surface area contributed by atoms with Crippen molar-refractivity contribution in [3.63, 3.8) is 0 Å². The summed E-state index contributed by atoms with van der Waals surface area (Å²) in [6.45, 7) is 4.45. The molecule has 0 aromatic carbocycles. The van der Waals surface area contributed by atoms with E-state index in [-0.39, 0.29) is 5.95 Å². The van der Waals surface area contributed by atoms with Crippen LogP contribution in [0.1, 0.15) is 83.2 Å². The van der Waals surface area contributed by atoms with Crippen molar-refractivity contribution in [1.82, 2.24) is 5.16 Å². The number of aromatic nitrogens is 1. The topological polar surface area (TPSA) is 46.3 Å². The molecule has 1 atom stereocenters. The van der Waals surface area contributed by atoms with Gasteiger partial charge in [-0.2, -0.15) is 0 Å². The number of rotatable bonds is 10. The van der Waals surface area contributed by atoms with Crippen molar-refractivity contribution in [2.75, 3.05) is 0 Å². The molecule has 1 heterocycles. The second-order valence-electron chi connectivity index (χ2n) is 5.13. The molecule has 3 heteroatoms. The molecule has 3 nitrogen and oxygen atoms in total. The fraction of sp³-hybridized carbons (Fsp3) is 0.800. The van der Waals surface area contributed by atoms with Crippen LogP contribution in [0.2, 0.25) is 0 Å². The summed E-state index contributed by atoms with van der Waals surface area (Å²) < 4.78 is 4.78. The number of nitrogens with zero attached hydrogens (tertiary/aromatic N) is 1. The minimum Gasteiger partial charge on any atom is -0.479 e. The van der Waals surface area contributed by atoms with Crippen LogP contribution in [-0.4, -0.2) is 10.3 Å². The van der Waals surface area contributed by atoms with Gasteiger partial charge < -0.3 is 9.63 Å². The molecule has 0 saturated carbocycles. The molecule has 0 fully saturated rings. The zero-order chi connectivity index (χ0) is 13.2. The minimum atomic E-state index is -0.0579. The van der Waals surface area contributed by atoms with Crippen molar-refractivity contribution in [3.8, 4) is 5.95 Å². The van der Waals surface area contributed by atoms with Crippen molar-refractivity contribution >= 4 is 0 Å². The van der Waals surface area contributed by atoms with Crippen LogP contribution in [0.5, 0.6) is 5.95 Å². The second kappa shape index (κ2) is 9.01. The van der Waals surface area contributed by atoms with E-state index < -0.39 is 0 Å². The molecule has 0 aliphatic rings. The third kappa shape index (κ3) is 5.56. The molecule has 0 bridgehead atoms. The first-order chi connectivity index (χ1) is 8.77. The van der Waals surface area contributed by atoms with Crippen LogP contribution >= 0.6 is 0 Å². The lowest BCUT2D eigenvalue weighted by molar-refractivity contribution is 0.274. The van der Waals surface area contributed by atoms with Crippen molar-refractivity contribution < 1.29 is 9.63 Å². The highest BCUT2D eigenvalue weighted by Crippen LogP contribution is 2.29. The summed E-state index contributed by atoms with van der Waals surface area (Å²) >= 11 is 0. The van der Waals surface area contributed by atoms with E-state index in [4.69, 9.17) is 4.52 Å². The fourth-order valence-electron chi connectivity index (χ4n) is 2.36. The Balaban J connectivity index is 2.36. The summed E-state index contributed by atoms with van der Waals surface area (Å²) in [6.07, 6.45) is 11.2. The normalized spacial score (nSPS) is 12.8. The van der Waals surface area contributed by atoms with Crippen LogP contribution < -0.4 is 0 Å². The van der Waals surface area contributed by atoms with E-state index in [0.717, 1.165) is 18.5 Å². The zero-order valence-electron chi connectivity index (χ0n) is 11.8. The first-order valence-electron chi connectivity index (χ1n) is 7.43. The first kappa shape index (κ1) is 15.1. The van der Waals surface area contributed by atoms with Gasteiger partial charge in [0.05, 0.1) is 5.69 Å². The molecule has 1 rings (SSSR count). The van der Waals surface area contributed by atoms with Crippen LogP contribution in [0, 0.1) is 0 Å². The SMILES string of the molecule is CCCCCCCC(CCCC)c1cc(O)on1. The molecular formula is C15H27NO2. The highest BCUT2D eigenvalue weighted by molar-refractivity contribution is 5.13. The summed E-state index contributed by atoms with van der Waals surface area (Å²) in [5, 5.41) is 13.2. The van der Waals surface area contributed by atoms with E-state index in [0.29, 0.717) is 5.92 Å². The van der Waals surface area contributed by atoms with Crippen LogP contribution in [0.15, 0.2) is 10.6 Å². The van der Waals surface area contributed by atoms with E-state index >= 15 is 0 Å². The van der Waals surface area contributed by atoms with Gasteiger partial charge in [-0.25, -0.2) is 0 Å². The van der Waals surface area contributed by atoms with Gasteiger partial charge in [-0.05, 0) is 12.8 Å². The van der Waals surface area contributed by atoms with Gasteiger partial charge >= 0.3 is 5.95 Å². The molecule has 1 aromatic rings. The highest BCUT2D eigenvalue weighted by Gasteiger charge is 2.15. The summed E-state index contributed by atoms with van der Waals surface area (Å²) in [5.41, 5.74) is 0.927. The Morgan fingerprint density at radius 3 is 2.33 bits per heavy atom. The lowest BCUT2D eigenvalue weighted by Crippen LogP contribution is -1.99. The van der Waals surface area contributed by atoms with Crippen molar-refractivity contribution in [2.45, 2.75) is 77.6 Å². The van der Waals surface area contributed by atoms with Gasteiger partial charge in [0.1, 0.15) is 0 Å². The number of aromatic hydroxyl groups is 1. The van der Waals surface area contributed by atoms with E-state index in [2.05, 4.69) is 19.0 Å². The van der Waals surface area contributed by atoms with Crippen LogP contribution in [0.25, 0.3) is 0 Å². The smallest absolute Gasteiger partial charge is 0.308 e. The first-order valence-corrected chi connectivity index (χ1v) is 7.43. The Labute approximate surface area is 111 Å². The summed E-state index contributed by atoms with van der Waals surface area (Å²) in [4.78, 5) is 0. The lowest BCUT2D eigenvalue weighted by Gasteiger charge is -2.13. The molecule has 18 heavy (non-hydrogen) atoms. The van der Waals surface area contributed by atoms with Crippen LogP contribution in [0.3, 0.4) is 0 Å². The van der Waals surface area contributed by atoms with E-state index in [1.807, 2.05) is 0 Å². The molecule has 0 saturated heterocycles. The molecule has 1 unspecified atom stereocenters. The van der Waals surface area contributed by atoms with Gasteiger partial charge in [0.25, 0.3) is 0 Å². The number of hydrogen-bond donors (Lipinski definition) is 1. The van der Waals surface area contributed by atoms with E-state index in [1.54, 1.807) is 6.07 Å². The summed E-state index contributed by atoms with van der Waals surface area (Å²) in [6, 6.07) is 1.67. The van der Waals surface area contributed by atoms with Crippen molar-refractivity contribution in [3.05, 3.63) is 11.8 Å². The standard InChI is InChI=1S/C15H27NO2/c1-3-5-7-8-9-11-13(10-6-4-2)14-12-15(17)18-16-14/h12-13,17H,3-11H2,1-2H3. The maximum atomic E-state index is 9.24. The summed E-state index contributed by atoms with van der Waals surface area (Å²) in [5.74, 6) is 0.397. The molecule has 0 amide bonds. The molecule has 0 aliphatic carbocycles. The largest absolute Gasteiger partial charge is 0.479 e. The van der Waals surface area contributed by atoms with Crippen LogP contribution in [-0.2, 0) is 0 Å². The molecule has 1 aromatic heterocycles. The Kier molecular flexibility index (Phi) is 7.54. The minimum absolute atomic E-state index is 0.0579. The maximum absolute atomic E-state index is 9.24. The monoisotopic (exact) mass is 253 g/mol. The van der Waals surface area contributed by atoms with E-state index in [9.17, 15) is 5.11 Å².